The lowest BCUT2D eigenvalue weighted by atomic mass is 10.2. The summed E-state index contributed by atoms with van der Waals surface area (Å²) in [5.74, 6) is 2.43. The Morgan fingerprint density at radius 3 is 1.89 bits per heavy atom. The van der Waals surface area contributed by atoms with Crippen LogP contribution in [-0.2, 0) is 11.5 Å². The van der Waals surface area contributed by atoms with E-state index in [-0.39, 0.29) is 0 Å². The van der Waals surface area contributed by atoms with Gasteiger partial charge < -0.3 is 4.52 Å². The smallest absolute Gasteiger partial charge is 0.217 e. The van der Waals surface area contributed by atoms with E-state index in [0.717, 1.165) is 87.0 Å². The fraction of sp³-hybridized carbons (Fsp3) is 0.161. The molecule has 0 atom stereocenters. The van der Waals surface area contributed by atoms with Crippen molar-refractivity contribution in [2.24, 2.45) is 0 Å². The van der Waals surface area contributed by atoms with Gasteiger partial charge in [-0.25, -0.2) is 4.98 Å². The molecule has 0 saturated heterocycles. The Hall–Kier alpha value is -3.53. The molecule has 0 bridgehead atoms. The fourth-order valence-electron chi connectivity index (χ4n) is 4.67. The van der Waals surface area contributed by atoms with Crippen molar-refractivity contribution >= 4 is 79.1 Å². The molecular formula is C31H25ClN8OS5. The first kappa shape index (κ1) is 31.1. The van der Waals surface area contributed by atoms with E-state index in [4.69, 9.17) is 16.1 Å². The van der Waals surface area contributed by atoms with Crippen molar-refractivity contribution in [3.63, 3.8) is 0 Å². The van der Waals surface area contributed by atoms with E-state index in [1.165, 1.54) is 0 Å². The molecule has 46 heavy (non-hydrogen) atoms. The van der Waals surface area contributed by atoms with Crippen molar-refractivity contribution in [1.82, 2.24) is 39.3 Å². The van der Waals surface area contributed by atoms with Crippen LogP contribution in [0.15, 0.2) is 85.6 Å². The lowest BCUT2D eigenvalue weighted by molar-refractivity contribution is 0.392. The lowest BCUT2D eigenvalue weighted by Crippen LogP contribution is -1.91. The summed E-state index contributed by atoms with van der Waals surface area (Å²) in [4.78, 5) is 6.30. The van der Waals surface area contributed by atoms with Crippen molar-refractivity contribution < 1.29 is 4.52 Å². The van der Waals surface area contributed by atoms with Crippen LogP contribution in [0.25, 0.3) is 32.4 Å². The second-order valence-corrected chi connectivity index (χ2v) is 15.1. The molecule has 9 nitrogen and oxygen atoms in total. The van der Waals surface area contributed by atoms with Gasteiger partial charge in [-0.3, -0.25) is 8.80 Å². The molecule has 6 heterocycles. The molecule has 0 aliphatic heterocycles. The molecule has 0 spiro atoms. The minimum Gasteiger partial charge on any atom is -0.361 e. The van der Waals surface area contributed by atoms with Crippen molar-refractivity contribution in [3.8, 4) is 22.5 Å². The first-order chi connectivity index (χ1) is 22.4. The van der Waals surface area contributed by atoms with Gasteiger partial charge in [0, 0.05) is 38.2 Å². The van der Waals surface area contributed by atoms with E-state index in [1.54, 1.807) is 57.5 Å². The van der Waals surface area contributed by atoms with E-state index in [9.17, 15) is 0 Å². The normalized spacial score (nSPS) is 11.4. The largest absolute Gasteiger partial charge is 0.361 e. The zero-order valence-electron chi connectivity index (χ0n) is 24.7. The summed E-state index contributed by atoms with van der Waals surface area (Å²) in [6, 6.07) is 18.1. The molecule has 8 aromatic rings. The third-order valence-electron chi connectivity index (χ3n) is 6.99. The van der Waals surface area contributed by atoms with Crippen molar-refractivity contribution in [2.75, 3.05) is 0 Å². The molecule has 0 aliphatic rings. The summed E-state index contributed by atoms with van der Waals surface area (Å²) >= 11 is 14.2. The highest BCUT2D eigenvalue weighted by Gasteiger charge is 2.17. The second-order valence-electron chi connectivity index (χ2n) is 10.1. The lowest BCUT2D eigenvalue weighted by Gasteiger charge is -2.03. The Morgan fingerprint density at radius 2 is 1.33 bits per heavy atom. The van der Waals surface area contributed by atoms with Crippen LogP contribution in [-0.4, -0.2) is 39.3 Å². The minimum atomic E-state index is 0.734. The Balaban J connectivity index is 0.000000147. The maximum Gasteiger partial charge on any atom is 0.217 e. The van der Waals surface area contributed by atoms with Crippen molar-refractivity contribution in [1.29, 1.82) is 0 Å². The molecule has 0 N–H and O–H groups in total. The van der Waals surface area contributed by atoms with Crippen LogP contribution in [0.4, 0.5) is 0 Å². The molecule has 0 radical (unpaired) electrons. The third-order valence-corrected chi connectivity index (χ3v) is 11.6. The van der Waals surface area contributed by atoms with Crippen LogP contribution in [0.5, 0.6) is 0 Å². The van der Waals surface area contributed by atoms with Gasteiger partial charge in [0.15, 0.2) is 10.3 Å². The zero-order valence-corrected chi connectivity index (χ0v) is 29.6. The highest BCUT2D eigenvalue weighted by Crippen LogP contribution is 2.33. The monoisotopic (exact) mass is 720 g/mol. The number of hydrogen-bond donors (Lipinski definition) is 0. The average Bonchev–Trinajstić information content (AvgIpc) is 3.91. The molecule has 0 aliphatic carbocycles. The second kappa shape index (κ2) is 13.7. The van der Waals surface area contributed by atoms with E-state index in [1.807, 2.05) is 63.2 Å². The van der Waals surface area contributed by atoms with Gasteiger partial charge in [0.2, 0.25) is 9.92 Å². The number of benzene rings is 2. The van der Waals surface area contributed by atoms with Gasteiger partial charge in [0.1, 0.15) is 5.76 Å². The van der Waals surface area contributed by atoms with Gasteiger partial charge in [0.25, 0.3) is 0 Å². The van der Waals surface area contributed by atoms with Gasteiger partial charge in [-0.2, -0.15) is 0 Å². The van der Waals surface area contributed by atoms with Gasteiger partial charge >= 0.3 is 0 Å². The molecule has 15 heteroatoms. The van der Waals surface area contributed by atoms with E-state index in [0.29, 0.717) is 0 Å². The maximum absolute atomic E-state index is 5.98. The molecule has 0 unspecified atom stereocenters. The summed E-state index contributed by atoms with van der Waals surface area (Å²) in [6.07, 6.45) is 0. The summed E-state index contributed by atoms with van der Waals surface area (Å²) in [7, 11) is 0. The van der Waals surface area contributed by atoms with Gasteiger partial charge in [-0.15, -0.1) is 54.4 Å². The van der Waals surface area contributed by atoms with Gasteiger partial charge in [-0.1, -0.05) is 82.7 Å². The first-order valence-electron chi connectivity index (χ1n) is 14.0. The molecule has 6 aromatic heterocycles. The molecule has 2 aromatic carbocycles. The van der Waals surface area contributed by atoms with E-state index < -0.39 is 0 Å². The van der Waals surface area contributed by atoms with E-state index >= 15 is 0 Å². The summed E-state index contributed by atoms with van der Waals surface area (Å²) in [5.41, 5.74) is 7.62. The van der Waals surface area contributed by atoms with Gasteiger partial charge in [0.05, 0.1) is 27.8 Å². The predicted octanol–water partition coefficient (Wildman–Crippen LogP) is 9.52. The molecule has 0 amide bonds. The molecule has 0 fully saturated rings. The Bertz CT molecular complexity index is 2210. The number of halogens is 1. The van der Waals surface area contributed by atoms with E-state index in [2.05, 4.69) is 67.6 Å². The number of thiazole rings is 3. The van der Waals surface area contributed by atoms with Crippen LogP contribution in [0, 0.1) is 20.8 Å². The number of aromatic nitrogens is 8. The number of thioether (sulfide) groups is 2. The zero-order chi connectivity index (χ0) is 31.6. The van der Waals surface area contributed by atoms with Crippen LogP contribution in [0.1, 0.15) is 27.7 Å². The number of nitrogens with zero attached hydrogens (tertiary/aromatic N) is 8. The maximum atomic E-state index is 5.98. The molecule has 0 saturated carbocycles. The Labute approximate surface area is 289 Å². The molecular weight excluding hydrogens is 696 g/mol. The van der Waals surface area contributed by atoms with Crippen molar-refractivity contribution in [2.45, 2.75) is 42.6 Å². The standard InChI is InChI=1S/C16H14N4OS2.C15H11ClN4S3/c1-10-13(11(2)21-19-10)8-22-15-17-18-16-20(15)14(9-23-16)12-6-4-3-5-7-12;1-9-17-12(6-21-9)7-22-14-18-19-15-20(14)13(8-23-15)10-2-4-11(16)5-3-10/h3-7,9H,8H2,1-2H3;2-6,8H,7H2,1H3. The number of fused-ring (bicyclic) bond motifs is 2. The minimum absolute atomic E-state index is 0.734. The predicted molar refractivity (Wildman–Crippen MR) is 190 cm³/mol. The topological polar surface area (TPSA) is 99.3 Å². The summed E-state index contributed by atoms with van der Waals surface area (Å²) in [5, 5.41) is 31.1. The van der Waals surface area contributed by atoms with Crippen LogP contribution >= 0.6 is 69.1 Å². The number of rotatable bonds is 8. The van der Waals surface area contributed by atoms with Crippen LogP contribution in [0.2, 0.25) is 5.02 Å². The Morgan fingerprint density at radius 1 is 0.717 bits per heavy atom. The number of hydrogen-bond acceptors (Lipinski definition) is 12. The van der Waals surface area contributed by atoms with Crippen molar-refractivity contribution in [3.05, 3.63) is 103 Å². The SMILES string of the molecule is Cc1nc(CSc2nnc3scc(-c4ccc(Cl)cc4)n23)cs1.Cc1noc(C)c1CSc1nnc2scc(-c3ccccc3)n12. The van der Waals surface area contributed by atoms with Gasteiger partial charge in [-0.05, 0) is 44.0 Å². The summed E-state index contributed by atoms with van der Waals surface area (Å²) < 4.78 is 9.44. The quantitative estimate of drug-likeness (QED) is 0.142. The summed E-state index contributed by atoms with van der Waals surface area (Å²) in [6.45, 7) is 5.92. The molecule has 232 valence electrons. The Kier molecular flexibility index (Phi) is 9.24. The fourth-order valence-corrected chi connectivity index (χ4v) is 9.24. The highest BCUT2D eigenvalue weighted by molar-refractivity contribution is 7.98. The molecule has 8 rings (SSSR count). The first-order valence-corrected chi connectivity index (χ1v) is 19.0. The number of aryl methyl sites for hydroxylation is 3. The average molecular weight is 721 g/mol. The third kappa shape index (κ3) is 6.50. The van der Waals surface area contributed by atoms with Crippen LogP contribution in [0.3, 0.4) is 0 Å². The highest BCUT2D eigenvalue weighted by atomic mass is 35.5. The van der Waals surface area contributed by atoms with Crippen LogP contribution < -0.4 is 0 Å².